The quantitative estimate of drug-likeness (QED) is 0.811. The molecule has 0 spiro atoms. The third-order valence-corrected chi connectivity index (χ3v) is 5.23. The fourth-order valence-electron chi connectivity index (χ4n) is 3.42. The van der Waals surface area contributed by atoms with Gasteiger partial charge in [0.1, 0.15) is 11.3 Å². The summed E-state index contributed by atoms with van der Waals surface area (Å²) in [6.07, 6.45) is 0. The summed E-state index contributed by atoms with van der Waals surface area (Å²) in [4.78, 5) is 26.9. The molecule has 0 radical (unpaired) electrons. The molecular weight excluding hydrogens is 340 g/mol. The Labute approximate surface area is 160 Å². The van der Waals surface area contributed by atoms with E-state index in [4.69, 9.17) is 4.74 Å². The Morgan fingerprint density at radius 1 is 1.11 bits per heavy atom. The number of urea groups is 1. The van der Waals surface area contributed by atoms with Crippen LogP contribution in [0.2, 0.25) is 0 Å². The van der Waals surface area contributed by atoms with E-state index < -0.39 is 5.54 Å². The van der Waals surface area contributed by atoms with E-state index in [2.05, 4.69) is 19.2 Å². The molecule has 1 N–H and O–H groups in total. The first-order chi connectivity index (χ1) is 12.8. The number of nitrogens with one attached hydrogen (secondary N) is 1. The fraction of sp³-hybridized carbons (Fsp3) is 0.364. The van der Waals surface area contributed by atoms with Gasteiger partial charge in [-0.05, 0) is 54.2 Å². The number of carbonyl (C=O) groups is 2. The number of nitrogens with zero attached hydrogens (tertiary/aromatic N) is 1. The maximum Gasteiger partial charge on any atom is 0.325 e. The van der Waals surface area contributed by atoms with Crippen molar-refractivity contribution in [3.05, 3.63) is 64.7 Å². The van der Waals surface area contributed by atoms with E-state index in [1.165, 1.54) is 10.5 Å². The molecule has 5 heteroatoms. The summed E-state index contributed by atoms with van der Waals surface area (Å²) in [7, 11) is 1.61. The van der Waals surface area contributed by atoms with Crippen molar-refractivity contribution < 1.29 is 14.3 Å². The zero-order valence-corrected chi connectivity index (χ0v) is 16.5. The van der Waals surface area contributed by atoms with Crippen molar-refractivity contribution in [2.45, 2.75) is 45.7 Å². The third-order valence-electron chi connectivity index (χ3n) is 5.23. The monoisotopic (exact) mass is 366 g/mol. The van der Waals surface area contributed by atoms with Gasteiger partial charge in [0, 0.05) is 0 Å². The lowest BCUT2D eigenvalue weighted by molar-refractivity contribution is -0.131. The highest BCUT2D eigenvalue weighted by atomic mass is 16.5. The van der Waals surface area contributed by atoms with E-state index in [9.17, 15) is 9.59 Å². The first-order valence-electron chi connectivity index (χ1n) is 9.14. The van der Waals surface area contributed by atoms with Crippen LogP contribution < -0.4 is 10.1 Å². The zero-order valence-electron chi connectivity index (χ0n) is 16.5. The number of methoxy groups -OCH3 is 1. The molecule has 1 heterocycles. The molecule has 1 fully saturated rings. The Bertz CT molecular complexity index is 874. The van der Waals surface area contributed by atoms with E-state index in [1.807, 2.05) is 49.4 Å². The molecule has 0 aliphatic carbocycles. The highest BCUT2D eigenvalue weighted by Crippen LogP contribution is 2.32. The molecule has 1 aliphatic heterocycles. The number of aryl methyl sites for hydroxylation is 1. The van der Waals surface area contributed by atoms with E-state index in [0.717, 1.165) is 22.4 Å². The van der Waals surface area contributed by atoms with Crippen LogP contribution in [0, 0.1) is 6.92 Å². The molecule has 0 bridgehead atoms. The summed E-state index contributed by atoms with van der Waals surface area (Å²) in [6, 6.07) is 13.2. The van der Waals surface area contributed by atoms with Crippen LogP contribution in [0.4, 0.5) is 4.79 Å². The molecule has 1 unspecified atom stereocenters. The number of carbonyl (C=O) groups excluding carboxylic acids is 2. The van der Waals surface area contributed by atoms with Gasteiger partial charge < -0.3 is 10.1 Å². The van der Waals surface area contributed by atoms with Crippen LogP contribution in [-0.4, -0.2) is 23.9 Å². The summed E-state index contributed by atoms with van der Waals surface area (Å²) in [6.45, 7) is 8.19. The smallest absolute Gasteiger partial charge is 0.325 e. The summed E-state index contributed by atoms with van der Waals surface area (Å²) in [5.74, 6) is 0.948. The lowest BCUT2D eigenvalue weighted by Gasteiger charge is -2.23. The molecule has 27 heavy (non-hydrogen) atoms. The minimum Gasteiger partial charge on any atom is -0.496 e. The Morgan fingerprint density at radius 2 is 1.78 bits per heavy atom. The lowest BCUT2D eigenvalue weighted by Crippen LogP contribution is -2.40. The second kappa shape index (κ2) is 7.06. The first-order valence-corrected chi connectivity index (χ1v) is 9.14. The second-order valence-electron chi connectivity index (χ2n) is 7.53. The van der Waals surface area contributed by atoms with E-state index in [-0.39, 0.29) is 18.5 Å². The average Bonchev–Trinajstić information content (AvgIpc) is 2.86. The van der Waals surface area contributed by atoms with E-state index in [0.29, 0.717) is 5.92 Å². The molecule has 1 saturated heterocycles. The second-order valence-corrected chi connectivity index (χ2v) is 7.53. The van der Waals surface area contributed by atoms with Crippen LogP contribution in [0.15, 0.2) is 42.5 Å². The number of ether oxygens (including phenoxy) is 1. The average molecular weight is 366 g/mol. The first kappa shape index (κ1) is 19.0. The van der Waals surface area contributed by atoms with Crippen molar-refractivity contribution in [1.82, 2.24) is 10.2 Å². The van der Waals surface area contributed by atoms with Crippen molar-refractivity contribution in [2.75, 3.05) is 7.11 Å². The fourth-order valence-corrected chi connectivity index (χ4v) is 3.42. The zero-order chi connectivity index (χ0) is 19.8. The van der Waals surface area contributed by atoms with Gasteiger partial charge in [0.15, 0.2) is 0 Å². The molecule has 2 aromatic rings. The molecule has 0 saturated carbocycles. The number of rotatable bonds is 5. The van der Waals surface area contributed by atoms with Gasteiger partial charge in [0.2, 0.25) is 0 Å². The minimum absolute atomic E-state index is 0.245. The van der Waals surface area contributed by atoms with Gasteiger partial charge in [-0.2, -0.15) is 0 Å². The SMILES string of the molecule is COc1ccc(C2(C)NC(=O)N(Cc3ccc(C(C)C)cc3)C2=O)cc1C. The predicted molar refractivity (Wildman–Crippen MR) is 105 cm³/mol. The highest BCUT2D eigenvalue weighted by molar-refractivity contribution is 6.07. The molecule has 5 nitrogen and oxygen atoms in total. The molecule has 1 aliphatic rings. The van der Waals surface area contributed by atoms with Gasteiger partial charge in [-0.3, -0.25) is 9.69 Å². The molecule has 0 aromatic heterocycles. The van der Waals surface area contributed by atoms with E-state index >= 15 is 0 Å². The largest absolute Gasteiger partial charge is 0.496 e. The van der Waals surface area contributed by atoms with Crippen molar-refractivity contribution in [3.63, 3.8) is 0 Å². The maximum atomic E-state index is 13.1. The molecule has 3 amide bonds. The standard InChI is InChI=1S/C22H26N2O3/c1-14(2)17-8-6-16(7-9-17)13-24-20(25)22(4,23-21(24)26)18-10-11-19(27-5)15(3)12-18/h6-12,14H,13H2,1-5H3,(H,23,26). The Morgan fingerprint density at radius 3 is 2.33 bits per heavy atom. The van der Waals surface area contributed by atoms with Gasteiger partial charge in [0.25, 0.3) is 5.91 Å². The van der Waals surface area contributed by atoms with Crippen LogP contribution in [0.3, 0.4) is 0 Å². The van der Waals surface area contributed by atoms with Gasteiger partial charge in [-0.25, -0.2) is 4.79 Å². The summed E-state index contributed by atoms with van der Waals surface area (Å²) < 4.78 is 5.29. The number of imide groups is 1. The molecule has 3 rings (SSSR count). The lowest BCUT2D eigenvalue weighted by atomic mass is 9.90. The molecule has 2 aromatic carbocycles. The van der Waals surface area contributed by atoms with Gasteiger partial charge in [0.05, 0.1) is 13.7 Å². The number of amides is 3. The predicted octanol–water partition coefficient (Wildman–Crippen LogP) is 4.09. The number of benzene rings is 2. The number of hydrogen-bond donors (Lipinski definition) is 1. The summed E-state index contributed by atoms with van der Waals surface area (Å²) in [5, 5.41) is 2.86. The molecule has 1 atom stereocenters. The normalized spacial score (nSPS) is 19.6. The summed E-state index contributed by atoms with van der Waals surface area (Å²) in [5.41, 5.74) is 2.75. The van der Waals surface area contributed by atoms with Crippen LogP contribution >= 0.6 is 0 Å². The van der Waals surface area contributed by atoms with Crippen molar-refractivity contribution in [1.29, 1.82) is 0 Å². The third kappa shape index (κ3) is 3.42. The number of hydrogen-bond acceptors (Lipinski definition) is 3. The van der Waals surface area contributed by atoms with Gasteiger partial charge in [-0.15, -0.1) is 0 Å². The van der Waals surface area contributed by atoms with Crippen LogP contribution in [0.25, 0.3) is 0 Å². The van der Waals surface area contributed by atoms with Crippen molar-refractivity contribution in [2.24, 2.45) is 0 Å². The minimum atomic E-state index is -1.08. The van der Waals surface area contributed by atoms with E-state index in [1.54, 1.807) is 14.0 Å². The van der Waals surface area contributed by atoms with Crippen molar-refractivity contribution in [3.8, 4) is 5.75 Å². The molecule has 142 valence electrons. The van der Waals surface area contributed by atoms with Gasteiger partial charge >= 0.3 is 6.03 Å². The molecular formula is C22H26N2O3. The van der Waals surface area contributed by atoms with Crippen LogP contribution in [-0.2, 0) is 16.9 Å². The topological polar surface area (TPSA) is 58.6 Å². The summed E-state index contributed by atoms with van der Waals surface area (Å²) >= 11 is 0. The maximum absolute atomic E-state index is 13.1. The van der Waals surface area contributed by atoms with Crippen molar-refractivity contribution >= 4 is 11.9 Å². The Hall–Kier alpha value is -2.82. The van der Waals surface area contributed by atoms with Crippen LogP contribution in [0.5, 0.6) is 5.75 Å². The highest BCUT2D eigenvalue weighted by Gasteiger charge is 2.49. The van der Waals surface area contributed by atoms with Crippen LogP contribution in [0.1, 0.15) is 48.9 Å². The Balaban J connectivity index is 1.84. The Kier molecular flexibility index (Phi) is 4.96. The van der Waals surface area contributed by atoms with Gasteiger partial charge in [-0.1, -0.05) is 44.2 Å².